The molecule has 0 atom stereocenters. The van der Waals surface area contributed by atoms with E-state index in [1.54, 1.807) is 6.21 Å². The summed E-state index contributed by atoms with van der Waals surface area (Å²) in [5, 5.41) is 14.9. The van der Waals surface area contributed by atoms with Crippen LogP contribution in [0.25, 0.3) is 32.3 Å². The molecule has 32 heavy (non-hydrogen) atoms. The van der Waals surface area contributed by atoms with Crippen LogP contribution in [0.15, 0.2) is 84.0 Å². The molecular formula is C28H25N3O. The highest BCUT2D eigenvalue weighted by Crippen LogP contribution is 2.35. The Morgan fingerprint density at radius 2 is 1.53 bits per heavy atom. The van der Waals surface area contributed by atoms with Crippen molar-refractivity contribution in [1.29, 1.82) is 0 Å². The molecule has 2 N–H and O–H groups in total. The number of amides is 1. The van der Waals surface area contributed by atoms with Crippen molar-refractivity contribution in [3.8, 4) is 0 Å². The lowest BCUT2D eigenvalue weighted by Gasteiger charge is -2.12. The largest absolute Gasteiger partial charge is 0.385 e. The van der Waals surface area contributed by atoms with Crippen LogP contribution >= 0.6 is 0 Å². The number of hydrogen-bond acceptors (Lipinski definition) is 3. The van der Waals surface area contributed by atoms with Gasteiger partial charge in [0.1, 0.15) is 0 Å². The van der Waals surface area contributed by atoms with E-state index in [0.717, 1.165) is 29.6 Å². The molecule has 0 saturated carbocycles. The minimum atomic E-state index is -0.0790. The summed E-state index contributed by atoms with van der Waals surface area (Å²) in [6, 6.07) is 27.4. The molecule has 158 valence electrons. The van der Waals surface area contributed by atoms with E-state index in [4.69, 9.17) is 0 Å². The number of nitrogens with zero attached hydrogens (tertiary/aromatic N) is 1. The summed E-state index contributed by atoms with van der Waals surface area (Å²) < 4.78 is 0. The van der Waals surface area contributed by atoms with Crippen LogP contribution in [0.3, 0.4) is 0 Å². The SMILES string of the molecule is Cc1ccc(NCCCC(=O)NN=Cc2ccc3ccc4cccc5ccc2c3c45)cc1. The zero-order valence-electron chi connectivity index (χ0n) is 18.1. The van der Waals surface area contributed by atoms with Crippen LogP contribution in [-0.4, -0.2) is 18.7 Å². The van der Waals surface area contributed by atoms with Crippen molar-refractivity contribution in [3.05, 3.63) is 90.0 Å². The summed E-state index contributed by atoms with van der Waals surface area (Å²) >= 11 is 0. The molecule has 0 aliphatic carbocycles. The van der Waals surface area contributed by atoms with Gasteiger partial charge in [-0.1, -0.05) is 72.3 Å². The zero-order chi connectivity index (χ0) is 21.9. The summed E-state index contributed by atoms with van der Waals surface area (Å²) in [5.41, 5.74) is 5.97. The summed E-state index contributed by atoms with van der Waals surface area (Å²) in [5.74, 6) is -0.0790. The topological polar surface area (TPSA) is 53.5 Å². The Kier molecular flexibility index (Phi) is 5.42. The lowest BCUT2D eigenvalue weighted by atomic mass is 9.92. The van der Waals surface area contributed by atoms with Crippen LogP contribution in [0.2, 0.25) is 0 Å². The Morgan fingerprint density at radius 1 is 0.844 bits per heavy atom. The second-order valence-corrected chi connectivity index (χ2v) is 8.20. The van der Waals surface area contributed by atoms with Gasteiger partial charge in [0, 0.05) is 24.2 Å². The van der Waals surface area contributed by atoms with Gasteiger partial charge >= 0.3 is 0 Å². The Hall–Kier alpha value is -3.92. The van der Waals surface area contributed by atoms with Gasteiger partial charge in [-0.25, -0.2) is 5.43 Å². The molecule has 0 bridgehead atoms. The molecule has 0 spiro atoms. The highest BCUT2D eigenvalue weighted by atomic mass is 16.2. The molecular weight excluding hydrogens is 394 g/mol. The lowest BCUT2D eigenvalue weighted by Crippen LogP contribution is -2.18. The minimum absolute atomic E-state index is 0.0790. The number of anilines is 1. The highest BCUT2D eigenvalue weighted by Gasteiger charge is 2.09. The first-order chi connectivity index (χ1) is 15.7. The highest BCUT2D eigenvalue weighted by molar-refractivity contribution is 6.25. The minimum Gasteiger partial charge on any atom is -0.385 e. The van der Waals surface area contributed by atoms with Crippen LogP contribution in [0.1, 0.15) is 24.0 Å². The summed E-state index contributed by atoms with van der Waals surface area (Å²) in [4.78, 5) is 12.2. The normalized spacial score (nSPS) is 11.7. The molecule has 4 nitrogen and oxygen atoms in total. The molecule has 0 aromatic heterocycles. The first kappa shape index (κ1) is 20.0. The van der Waals surface area contributed by atoms with Crippen molar-refractivity contribution in [2.45, 2.75) is 19.8 Å². The average molecular weight is 420 g/mol. The predicted octanol–water partition coefficient (Wildman–Crippen LogP) is 6.23. The molecule has 0 fully saturated rings. The summed E-state index contributed by atoms with van der Waals surface area (Å²) in [7, 11) is 0. The maximum absolute atomic E-state index is 12.2. The van der Waals surface area contributed by atoms with Crippen LogP contribution in [-0.2, 0) is 4.79 Å². The third-order valence-electron chi connectivity index (χ3n) is 5.92. The zero-order valence-corrected chi connectivity index (χ0v) is 18.1. The second kappa shape index (κ2) is 8.67. The molecule has 0 radical (unpaired) electrons. The monoisotopic (exact) mass is 419 g/mol. The second-order valence-electron chi connectivity index (χ2n) is 8.20. The lowest BCUT2D eigenvalue weighted by molar-refractivity contribution is -0.121. The smallest absolute Gasteiger partial charge is 0.240 e. The van der Waals surface area contributed by atoms with Gasteiger partial charge in [0.05, 0.1) is 6.21 Å². The van der Waals surface area contributed by atoms with Crippen molar-refractivity contribution in [2.24, 2.45) is 5.10 Å². The summed E-state index contributed by atoms with van der Waals surface area (Å²) in [6.07, 6.45) is 2.91. The molecule has 5 aromatic rings. The van der Waals surface area contributed by atoms with Crippen LogP contribution in [0, 0.1) is 6.92 Å². The van der Waals surface area contributed by atoms with Gasteiger partial charge in [0.15, 0.2) is 0 Å². The van der Waals surface area contributed by atoms with Crippen LogP contribution < -0.4 is 10.7 Å². The van der Waals surface area contributed by atoms with Gasteiger partial charge in [0.25, 0.3) is 0 Å². The quantitative estimate of drug-likeness (QED) is 0.142. The Morgan fingerprint density at radius 3 is 2.31 bits per heavy atom. The number of nitrogens with one attached hydrogen (secondary N) is 2. The number of hydrazone groups is 1. The molecule has 0 saturated heterocycles. The third-order valence-corrected chi connectivity index (χ3v) is 5.92. The van der Waals surface area contributed by atoms with E-state index in [1.165, 1.54) is 32.5 Å². The van der Waals surface area contributed by atoms with E-state index < -0.39 is 0 Å². The van der Waals surface area contributed by atoms with Crippen molar-refractivity contribution < 1.29 is 4.79 Å². The number of rotatable bonds is 7. The molecule has 5 rings (SSSR count). The van der Waals surface area contributed by atoms with Crippen molar-refractivity contribution in [1.82, 2.24) is 5.43 Å². The molecule has 0 aliphatic heterocycles. The van der Waals surface area contributed by atoms with E-state index in [1.807, 2.05) is 0 Å². The number of hydrogen-bond donors (Lipinski definition) is 2. The van der Waals surface area contributed by atoms with Crippen LogP contribution in [0.5, 0.6) is 0 Å². The standard InChI is InChI=1S/C28H25N3O/c1-19-7-14-24(15-8-19)29-17-3-6-26(32)31-30-18-23-12-11-22-10-9-20-4-2-5-21-13-16-25(23)28(22)27(20)21/h2,4-5,7-16,18,29H,3,6,17H2,1H3,(H,31,32). The van der Waals surface area contributed by atoms with E-state index in [0.29, 0.717) is 6.42 Å². The summed E-state index contributed by atoms with van der Waals surface area (Å²) in [6.45, 7) is 2.81. The van der Waals surface area contributed by atoms with Gasteiger partial charge in [0.2, 0.25) is 5.91 Å². The fourth-order valence-electron chi connectivity index (χ4n) is 4.25. The van der Waals surface area contributed by atoms with Gasteiger partial charge in [-0.05, 0) is 57.8 Å². The maximum atomic E-state index is 12.2. The van der Waals surface area contributed by atoms with Crippen molar-refractivity contribution in [2.75, 3.05) is 11.9 Å². The predicted molar refractivity (Wildman–Crippen MR) is 135 cm³/mol. The van der Waals surface area contributed by atoms with Gasteiger partial charge in [-0.2, -0.15) is 5.10 Å². The molecule has 4 heteroatoms. The number of carbonyl (C=O) groups is 1. The van der Waals surface area contributed by atoms with E-state index in [9.17, 15) is 4.79 Å². The van der Waals surface area contributed by atoms with Gasteiger partial charge in [-0.3, -0.25) is 4.79 Å². The molecule has 0 unspecified atom stereocenters. The molecule has 0 heterocycles. The number of aryl methyl sites for hydroxylation is 1. The van der Waals surface area contributed by atoms with E-state index in [-0.39, 0.29) is 5.91 Å². The first-order valence-corrected chi connectivity index (χ1v) is 11.0. The Bertz CT molecular complexity index is 1400. The number of benzene rings is 5. The molecule has 0 aliphatic rings. The van der Waals surface area contributed by atoms with E-state index in [2.05, 4.69) is 102 Å². The fourth-order valence-corrected chi connectivity index (χ4v) is 4.25. The van der Waals surface area contributed by atoms with Crippen molar-refractivity contribution >= 4 is 50.1 Å². The maximum Gasteiger partial charge on any atom is 0.240 e. The van der Waals surface area contributed by atoms with Crippen molar-refractivity contribution in [3.63, 3.8) is 0 Å². The first-order valence-electron chi connectivity index (χ1n) is 11.0. The van der Waals surface area contributed by atoms with E-state index >= 15 is 0 Å². The van der Waals surface area contributed by atoms with Gasteiger partial charge < -0.3 is 5.32 Å². The fraction of sp³-hybridized carbons (Fsp3) is 0.143. The average Bonchev–Trinajstić information content (AvgIpc) is 2.82. The molecule has 5 aromatic carbocycles. The Balaban J connectivity index is 1.24. The Labute approximate surface area is 187 Å². The third kappa shape index (κ3) is 4.00. The van der Waals surface area contributed by atoms with Crippen LogP contribution in [0.4, 0.5) is 5.69 Å². The molecule has 1 amide bonds. The number of carbonyl (C=O) groups excluding carboxylic acids is 1. The van der Waals surface area contributed by atoms with Gasteiger partial charge in [-0.15, -0.1) is 0 Å².